The standard InChI is InChI=1S/C47H58N6O8S/c1-30-43(62-29-49-30)33-9-7-31(8-10-33)25-48-45(57)40-24-37(54)26-53(40)46(58)44(47(2,3)4)51-42(56)28-61-22-20-59-19-21-60-27-41(55)35-14-18-39-34(23-35)13-17-38(50-39)32-11-15-36(16-12-32)52(5)6/h7-18,23,29,37,40-41,44,54-55H,19-22,24-28H2,1-6H3,(H,48,57)(H,51,56)/t37-,40+,41?,44-/m1/s1. The van der Waals surface area contributed by atoms with Crippen LogP contribution in [0.25, 0.3) is 32.6 Å². The molecule has 1 fully saturated rings. The van der Waals surface area contributed by atoms with E-state index in [2.05, 4.69) is 44.8 Å². The lowest BCUT2D eigenvalue weighted by Gasteiger charge is -2.35. The van der Waals surface area contributed by atoms with Crippen LogP contribution in [0.15, 0.2) is 84.4 Å². The molecule has 0 radical (unpaired) electrons. The number of benzene rings is 3. The molecular formula is C47H58N6O8S. The van der Waals surface area contributed by atoms with Gasteiger partial charge in [-0.1, -0.05) is 69.3 Å². The Morgan fingerprint density at radius 2 is 1.61 bits per heavy atom. The summed E-state index contributed by atoms with van der Waals surface area (Å²) >= 11 is 1.57. The predicted octanol–water partition coefficient (Wildman–Crippen LogP) is 5.29. The number of anilines is 1. The fraction of sp³-hybridized carbons (Fsp3) is 0.426. The van der Waals surface area contributed by atoms with Crippen LogP contribution in [0.2, 0.25) is 0 Å². The number of β-amino-alcohol motifs (C(OH)–C–C–N with tert-alkyl or cyclic N) is 1. The van der Waals surface area contributed by atoms with E-state index in [9.17, 15) is 24.6 Å². The number of fused-ring (bicyclic) bond motifs is 1. The number of nitrogens with one attached hydrogen (secondary N) is 2. The van der Waals surface area contributed by atoms with E-state index in [-0.39, 0.29) is 65.1 Å². The summed E-state index contributed by atoms with van der Waals surface area (Å²) in [6.07, 6.45) is -1.60. The van der Waals surface area contributed by atoms with Gasteiger partial charge < -0.3 is 44.9 Å². The highest BCUT2D eigenvalue weighted by atomic mass is 32.1. The highest BCUT2D eigenvalue weighted by molar-refractivity contribution is 7.13. The summed E-state index contributed by atoms with van der Waals surface area (Å²) in [5, 5.41) is 27.9. The molecule has 14 nitrogen and oxygen atoms in total. The molecule has 1 aliphatic heterocycles. The van der Waals surface area contributed by atoms with Crippen LogP contribution in [0.3, 0.4) is 0 Å². The van der Waals surface area contributed by atoms with Gasteiger partial charge in [0.15, 0.2) is 0 Å². The van der Waals surface area contributed by atoms with Crippen molar-refractivity contribution < 1.29 is 38.8 Å². The van der Waals surface area contributed by atoms with Crippen molar-refractivity contribution in [1.82, 2.24) is 25.5 Å². The number of aliphatic hydroxyl groups excluding tert-OH is 2. The lowest BCUT2D eigenvalue weighted by atomic mass is 9.85. The predicted molar refractivity (Wildman–Crippen MR) is 241 cm³/mol. The number of amides is 3. The van der Waals surface area contributed by atoms with Gasteiger partial charge in [0, 0.05) is 50.2 Å². The Kier molecular flexibility index (Phi) is 15.8. The Morgan fingerprint density at radius 3 is 2.29 bits per heavy atom. The Labute approximate surface area is 367 Å². The normalized spacial score (nSPS) is 16.3. The molecule has 1 unspecified atom stereocenters. The van der Waals surface area contributed by atoms with Crippen molar-refractivity contribution in [3.8, 4) is 21.7 Å². The first-order valence-electron chi connectivity index (χ1n) is 20.8. The van der Waals surface area contributed by atoms with E-state index < -0.39 is 41.5 Å². The summed E-state index contributed by atoms with van der Waals surface area (Å²) in [6, 6.07) is 23.9. The lowest BCUT2D eigenvalue weighted by molar-refractivity contribution is -0.144. The molecular weight excluding hydrogens is 809 g/mol. The van der Waals surface area contributed by atoms with Crippen molar-refractivity contribution in [3.63, 3.8) is 0 Å². The number of carbonyl (C=O) groups is 3. The summed E-state index contributed by atoms with van der Waals surface area (Å²) in [4.78, 5) is 53.9. The zero-order valence-corrected chi connectivity index (χ0v) is 37.1. The Bertz CT molecular complexity index is 2280. The summed E-state index contributed by atoms with van der Waals surface area (Å²) in [5.74, 6) is -1.32. The monoisotopic (exact) mass is 866 g/mol. The van der Waals surface area contributed by atoms with Crippen LogP contribution in [-0.2, 0) is 35.1 Å². The number of aliphatic hydroxyl groups is 2. The number of nitrogens with zero attached hydrogens (tertiary/aromatic N) is 4. The van der Waals surface area contributed by atoms with Gasteiger partial charge in [-0.3, -0.25) is 14.4 Å². The molecule has 1 aliphatic rings. The number of thiazole rings is 1. The van der Waals surface area contributed by atoms with Gasteiger partial charge >= 0.3 is 0 Å². The molecule has 0 bridgehead atoms. The number of hydrogen-bond acceptors (Lipinski definition) is 12. The van der Waals surface area contributed by atoms with Gasteiger partial charge in [-0.15, -0.1) is 11.3 Å². The van der Waals surface area contributed by atoms with E-state index in [0.29, 0.717) is 0 Å². The number of rotatable bonds is 19. The van der Waals surface area contributed by atoms with Gasteiger partial charge in [0.2, 0.25) is 17.7 Å². The van der Waals surface area contributed by atoms with E-state index >= 15 is 0 Å². The molecule has 2 aromatic heterocycles. The molecule has 15 heteroatoms. The summed E-state index contributed by atoms with van der Waals surface area (Å²) in [5.41, 5.74) is 8.60. The Morgan fingerprint density at radius 1 is 0.919 bits per heavy atom. The van der Waals surface area contributed by atoms with Crippen LogP contribution in [0.4, 0.5) is 5.69 Å². The zero-order valence-electron chi connectivity index (χ0n) is 36.3. The molecule has 3 amide bonds. The number of ether oxygens (including phenoxy) is 3. The molecule has 5 aromatic rings. The van der Waals surface area contributed by atoms with Crippen molar-refractivity contribution in [2.45, 2.75) is 65.0 Å². The van der Waals surface area contributed by atoms with Crippen LogP contribution in [0.5, 0.6) is 0 Å². The summed E-state index contributed by atoms with van der Waals surface area (Å²) < 4.78 is 16.8. The van der Waals surface area contributed by atoms with Crippen molar-refractivity contribution >= 4 is 45.6 Å². The van der Waals surface area contributed by atoms with Gasteiger partial charge in [-0.2, -0.15) is 0 Å². The fourth-order valence-electron chi connectivity index (χ4n) is 7.22. The maximum atomic E-state index is 13.9. The average molecular weight is 867 g/mol. The fourth-order valence-corrected chi connectivity index (χ4v) is 8.03. The van der Waals surface area contributed by atoms with E-state index in [4.69, 9.17) is 19.2 Å². The number of aryl methyl sites for hydroxylation is 1. The van der Waals surface area contributed by atoms with E-state index in [1.165, 1.54) is 4.90 Å². The van der Waals surface area contributed by atoms with Crippen LogP contribution < -0.4 is 15.5 Å². The third-order valence-electron chi connectivity index (χ3n) is 10.7. The second kappa shape index (κ2) is 21.2. The van der Waals surface area contributed by atoms with Crippen molar-refractivity contribution in [2.75, 3.05) is 65.2 Å². The highest BCUT2D eigenvalue weighted by Crippen LogP contribution is 2.29. The van der Waals surface area contributed by atoms with Gasteiger partial charge in [0.25, 0.3) is 0 Å². The molecule has 3 heterocycles. The summed E-state index contributed by atoms with van der Waals surface area (Å²) in [6.45, 7) is 8.32. The van der Waals surface area contributed by atoms with E-state index in [0.717, 1.165) is 55.1 Å². The molecule has 0 spiro atoms. The Hall–Kier alpha value is -5.29. The van der Waals surface area contributed by atoms with Gasteiger partial charge in [0.05, 0.1) is 66.4 Å². The molecule has 4 N–H and O–H groups in total. The van der Waals surface area contributed by atoms with Crippen molar-refractivity contribution in [1.29, 1.82) is 0 Å². The first-order chi connectivity index (χ1) is 29.7. The molecule has 1 saturated heterocycles. The zero-order chi connectivity index (χ0) is 44.4. The highest BCUT2D eigenvalue weighted by Gasteiger charge is 2.44. The molecule has 4 atom stereocenters. The minimum Gasteiger partial charge on any atom is -0.391 e. The molecule has 62 heavy (non-hydrogen) atoms. The van der Waals surface area contributed by atoms with Crippen LogP contribution in [-0.4, -0.2) is 121 Å². The second-order valence-corrected chi connectivity index (χ2v) is 17.6. The third-order valence-corrected chi connectivity index (χ3v) is 11.7. The molecule has 6 rings (SSSR count). The third kappa shape index (κ3) is 12.2. The maximum absolute atomic E-state index is 13.9. The SMILES string of the molecule is Cc1ncsc1-c1ccc(CNC(=O)[C@@H]2C[C@@H](O)CN2C(=O)[C@@H](NC(=O)COCCOCCOCC(O)c2ccc3nc(-c4ccc(N(C)C)cc4)ccc3c2)C(C)(C)C)cc1. The minimum absolute atomic E-state index is 0.0191. The second-order valence-electron chi connectivity index (χ2n) is 16.8. The lowest BCUT2D eigenvalue weighted by Crippen LogP contribution is -2.58. The number of likely N-dealkylation sites (tertiary alicyclic amines) is 1. The number of carbonyl (C=O) groups excluding carboxylic acids is 3. The van der Waals surface area contributed by atoms with Gasteiger partial charge in [-0.05, 0) is 59.4 Å². The molecule has 330 valence electrons. The van der Waals surface area contributed by atoms with Gasteiger partial charge in [0.1, 0.15) is 24.8 Å². The van der Waals surface area contributed by atoms with Crippen LogP contribution >= 0.6 is 11.3 Å². The van der Waals surface area contributed by atoms with Gasteiger partial charge in [-0.25, -0.2) is 9.97 Å². The first kappa shape index (κ1) is 46.2. The quantitative estimate of drug-likeness (QED) is 0.0794. The summed E-state index contributed by atoms with van der Waals surface area (Å²) in [7, 11) is 4.01. The Balaban J connectivity index is 0.880. The topological polar surface area (TPSA) is 176 Å². The largest absolute Gasteiger partial charge is 0.391 e. The number of hydrogen-bond donors (Lipinski definition) is 4. The number of aromatic nitrogens is 2. The molecule has 0 aliphatic carbocycles. The van der Waals surface area contributed by atoms with E-state index in [1.54, 1.807) is 11.3 Å². The molecule has 0 saturated carbocycles. The van der Waals surface area contributed by atoms with Crippen LogP contribution in [0.1, 0.15) is 50.1 Å². The van der Waals surface area contributed by atoms with Crippen molar-refractivity contribution in [3.05, 3.63) is 101 Å². The maximum Gasteiger partial charge on any atom is 0.246 e. The van der Waals surface area contributed by atoms with E-state index in [1.807, 2.05) is 102 Å². The molecule has 3 aromatic carbocycles. The number of pyridine rings is 1. The van der Waals surface area contributed by atoms with Crippen molar-refractivity contribution in [2.24, 2.45) is 5.41 Å². The van der Waals surface area contributed by atoms with Crippen LogP contribution in [0, 0.1) is 12.3 Å². The minimum atomic E-state index is -0.971. The first-order valence-corrected chi connectivity index (χ1v) is 21.7. The average Bonchev–Trinajstić information content (AvgIpc) is 3.88. The smallest absolute Gasteiger partial charge is 0.246 e.